The Balaban J connectivity index is 1.85. The number of aryl methyl sites for hydroxylation is 2. The Morgan fingerprint density at radius 1 is 1.13 bits per heavy atom. The van der Waals surface area contributed by atoms with E-state index >= 15 is 0 Å². The molecule has 0 unspecified atom stereocenters. The number of carbonyl (C=O) groups is 2. The predicted molar refractivity (Wildman–Crippen MR) is 90.7 cm³/mol. The van der Waals surface area contributed by atoms with Crippen LogP contribution < -0.4 is 5.32 Å². The maximum absolute atomic E-state index is 11.9. The fourth-order valence-corrected chi connectivity index (χ4v) is 2.42. The molecule has 0 heterocycles. The van der Waals surface area contributed by atoms with E-state index in [1.807, 2.05) is 44.2 Å². The van der Waals surface area contributed by atoms with Crippen molar-refractivity contribution in [2.45, 2.75) is 20.3 Å². The van der Waals surface area contributed by atoms with Crippen molar-refractivity contribution < 1.29 is 14.3 Å². The second kappa shape index (κ2) is 7.79. The molecule has 2 aromatic carbocycles. The minimum atomic E-state index is -0.443. The summed E-state index contributed by atoms with van der Waals surface area (Å²) in [4.78, 5) is 23.7. The van der Waals surface area contributed by atoms with Crippen molar-refractivity contribution in [1.82, 2.24) is 0 Å². The maximum Gasteiger partial charge on any atom is 0.310 e. The summed E-state index contributed by atoms with van der Waals surface area (Å²) in [5, 5.41) is 3.11. The third-order valence-electron chi connectivity index (χ3n) is 3.28. The van der Waals surface area contributed by atoms with Crippen molar-refractivity contribution >= 4 is 29.2 Å². The van der Waals surface area contributed by atoms with Crippen LogP contribution in [0.2, 0.25) is 5.02 Å². The third kappa shape index (κ3) is 5.11. The van der Waals surface area contributed by atoms with E-state index in [0.717, 1.165) is 16.7 Å². The van der Waals surface area contributed by atoms with Crippen molar-refractivity contribution in [2.24, 2.45) is 0 Å². The quantitative estimate of drug-likeness (QED) is 0.850. The van der Waals surface area contributed by atoms with E-state index in [2.05, 4.69) is 5.32 Å². The Morgan fingerprint density at radius 2 is 1.87 bits per heavy atom. The molecule has 2 aromatic rings. The molecule has 0 radical (unpaired) electrons. The molecule has 0 aliphatic carbocycles. The molecule has 120 valence electrons. The normalized spacial score (nSPS) is 10.2. The molecule has 0 aliphatic rings. The molecule has 0 atom stereocenters. The highest BCUT2D eigenvalue weighted by Crippen LogP contribution is 2.24. The van der Waals surface area contributed by atoms with Gasteiger partial charge in [0.1, 0.15) is 0 Å². The van der Waals surface area contributed by atoms with Crippen LogP contribution in [0.4, 0.5) is 5.69 Å². The molecule has 0 saturated carbocycles. The number of hydrogen-bond donors (Lipinski definition) is 1. The molecule has 0 aliphatic heterocycles. The lowest BCUT2D eigenvalue weighted by molar-refractivity contribution is -0.146. The maximum atomic E-state index is 11.9. The highest BCUT2D eigenvalue weighted by molar-refractivity contribution is 6.33. The Hall–Kier alpha value is -2.33. The predicted octanol–water partition coefficient (Wildman–Crippen LogP) is 3.68. The number of nitrogens with one attached hydrogen (secondary N) is 1. The van der Waals surface area contributed by atoms with Gasteiger partial charge in [-0.25, -0.2) is 0 Å². The highest BCUT2D eigenvalue weighted by Gasteiger charge is 2.11. The van der Waals surface area contributed by atoms with Gasteiger partial charge in [0.15, 0.2) is 6.61 Å². The second-order valence-corrected chi connectivity index (χ2v) is 5.71. The SMILES string of the molecule is Cc1cccc(CC(=O)OCC(=O)Nc2c(C)cccc2Cl)c1. The topological polar surface area (TPSA) is 55.4 Å². The van der Waals surface area contributed by atoms with Gasteiger partial charge >= 0.3 is 5.97 Å². The summed E-state index contributed by atoms with van der Waals surface area (Å²) in [5.74, 6) is -0.861. The largest absolute Gasteiger partial charge is 0.455 e. The summed E-state index contributed by atoms with van der Waals surface area (Å²) >= 11 is 6.04. The van der Waals surface area contributed by atoms with Crippen LogP contribution in [0.15, 0.2) is 42.5 Å². The number of rotatable bonds is 5. The number of esters is 1. The number of para-hydroxylation sites is 1. The number of halogens is 1. The molecular weight excluding hydrogens is 314 g/mol. The first-order chi connectivity index (χ1) is 11.0. The van der Waals surface area contributed by atoms with Gasteiger partial charge in [0, 0.05) is 0 Å². The summed E-state index contributed by atoms with van der Waals surface area (Å²) in [7, 11) is 0. The van der Waals surface area contributed by atoms with Gasteiger partial charge in [0.25, 0.3) is 5.91 Å². The Kier molecular flexibility index (Phi) is 5.77. The Labute approximate surface area is 140 Å². The fraction of sp³-hybridized carbons (Fsp3) is 0.222. The summed E-state index contributed by atoms with van der Waals surface area (Å²) in [5.41, 5.74) is 3.31. The Morgan fingerprint density at radius 3 is 2.57 bits per heavy atom. The Bertz CT molecular complexity index is 708. The summed E-state index contributed by atoms with van der Waals surface area (Å²) < 4.78 is 5.01. The first-order valence-electron chi connectivity index (χ1n) is 7.22. The fourth-order valence-electron chi connectivity index (χ4n) is 2.15. The lowest BCUT2D eigenvalue weighted by atomic mass is 10.1. The number of ether oxygens (including phenoxy) is 1. The molecule has 1 N–H and O–H groups in total. The van der Waals surface area contributed by atoms with E-state index in [-0.39, 0.29) is 13.0 Å². The molecule has 4 nitrogen and oxygen atoms in total. The molecule has 0 spiro atoms. The molecule has 2 rings (SSSR count). The molecule has 1 amide bonds. The molecule has 0 saturated heterocycles. The number of anilines is 1. The van der Waals surface area contributed by atoms with Crippen LogP contribution in [-0.2, 0) is 20.7 Å². The zero-order chi connectivity index (χ0) is 16.8. The average molecular weight is 332 g/mol. The van der Waals surface area contributed by atoms with Crippen LogP contribution in [0.1, 0.15) is 16.7 Å². The van der Waals surface area contributed by atoms with E-state index in [1.54, 1.807) is 12.1 Å². The van der Waals surface area contributed by atoms with Crippen molar-refractivity contribution in [3.05, 3.63) is 64.2 Å². The first kappa shape index (κ1) is 17.0. The van der Waals surface area contributed by atoms with E-state index in [9.17, 15) is 9.59 Å². The van der Waals surface area contributed by atoms with Crippen molar-refractivity contribution in [1.29, 1.82) is 0 Å². The number of hydrogen-bond acceptors (Lipinski definition) is 3. The van der Waals surface area contributed by atoms with E-state index in [1.165, 1.54) is 0 Å². The van der Waals surface area contributed by atoms with Crippen LogP contribution in [0.3, 0.4) is 0 Å². The average Bonchev–Trinajstić information content (AvgIpc) is 2.49. The van der Waals surface area contributed by atoms with Gasteiger partial charge in [-0.2, -0.15) is 0 Å². The summed E-state index contributed by atoms with van der Waals surface area (Å²) in [6.45, 7) is 3.45. The zero-order valence-corrected chi connectivity index (χ0v) is 13.8. The smallest absolute Gasteiger partial charge is 0.310 e. The lowest BCUT2D eigenvalue weighted by Crippen LogP contribution is -2.22. The van der Waals surface area contributed by atoms with Crippen LogP contribution in [-0.4, -0.2) is 18.5 Å². The van der Waals surface area contributed by atoms with Crippen LogP contribution in [0.25, 0.3) is 0 Å². The standard InChI is InChI=1S/C18H18ClNO3/c1-12-5-3-7-14(9-12)10-17(22)23-11-16(21)20-18-13(2)6-4-8-15(18)19/h3-9H,10-11H2,1-2H3,(H,20,21). The zero-order valence-electron chi connectivity index (χ0n) is 13.1. The second-order valence-electron chi connectivity index (χ2n) is 5.31. The van der Waals surface area contributed by atoms with Crippen LogP contribution in [0.5, 0.6) is 0 Å². The minimum Gasteiger partial charge on any atom is -0.455 e. The molecule has 0 fully saturated rings. The number of benzene rings is 2. The van der Waals surface area contributed by atoms with Crippen LogP contribution >= 0.6 is 11.6 Å². The van der Waals surface area contributed by atoms with Gasteiger partial charge < -0.3 is 10.1 Å². The molecule has 23 heavy (non-hydrogen) atoms. The van der Waals surface area contributed by atoms with Gasteiger partial charge in [0.2, 0.25) is 0 Å². The summed E-state index contributed by atoms with van der Waals surface area (Å²) in [6.07, 6.45) is 0.139. The molecule has 0 aromatic heterocycles. The van der Waals surface area contributed by atoms with Crippen molar-refractivity contribution in [2.75, 3.05) is 11.9 Å². The van der Waals surface area contributed by atoms with E-state index in [0.29, 0.717) is 10.7 Å². The lowest BCUT2D eigenvalue weighted by Gasteiger charge is -2.10. The van der Waals surface area contributed by atoms with Gasteiger partial charge in [-0.1, -0.05) is 53.6 Å². The monoisotopic (exact) mass is 331 g/mol. The first-order valence-corrected chi connectivity index (χ1v) is 7.59. The number of carbonyl (C=O) groups excluding carboxylic acids is 2. The molecular formula is C18H18ClNO3. The van der Waals surface area contributed by atoms with Crippen molar-refractivity contribution in [3.63, 3.8) is 0 Å². The van der Waals surface area contributed by atoms with Gasteiger partial charge in [-0.15, -0.1) is 0 Å². The van der Waals surface area contributed by atoms with E-state index < -0.39 is 11.9 Å². The van der Waals surface area contributed by atoms with Crippen molar-refractivity contribution in [3.8, 4) is 0 Å². The molecule has 5 heteroatoms. The third-order valence-corrected chi connectivity index (χ3v) is 3.60. The van der Waals surface area contributed by atoms with Gasteiger partial charge in [0.05, 0.1) is 17.1 Å². The highest BCUT2D eigenvalue weighted by atomic mass is 35.5. The van der Waals surface area contributed by atoms with Crippen LogP contribution in [0, 0.1) is 13.8 Å². The van der Waals surface area contributed by atoms with Gasteiger partial charge in [-0.05, 0) is 31.0 Å². The van der Waals surface area contributed by atoms with Gasteiger partial charge in [-0.3, -0.25) is 9.59 Å². The molecule has 0 bridgehead atoms. The number of amides is 1. The summed E-state index contributed by atoms with van der Waals surface area (Å²) in [6, 6.07) is 12.9. The van der Waals surface area contributed by atoms with E-state index in [4.69, 9.17) is 16.3 Å². The minimum absolute atomic E-state index is 0.139.